The van der Waals surface area contributed by atoms with Gasteiger partial charge in [-0.15, -0.1) is 0 Å². The molecule has 0 atom stereocenters. The number of hydrogen-bond donors (Lipinski definition) is 2. The first-order chi connectivity index (χ1) is 9.99. The van der Waals surface area contributed by atoms with Gasteiger partial charge < -0.3 is 15.6 Å². The number of hydrogen-bond acceptors (Lipinski definition) is 3. The van der Waals surface area contributed by atoms with Crippen molar-refractivity contribution in [1.29, 1.82) is 0 Å². The predicted octanol–water partition coefficient (Wildman–Crippen LogP) is 1.28. The first kappa shape index (κ1) is 14.9. The number of carbonyl (C=O) groups is 1. The van der Waals surface area contributed by atoms with Gasteiger partial charge in [-0.3, -0.25) is 9.59 Å². The third-order valence-electron chi connectivity index (χ3n) is 3.03. The summed E-state index contributed by atoms with van der Waals surface area (Å²) in [5, 5.41) is 0. The number of H-pyrrole nitrogens is 1. The van der Waals surface area contributed by atoms with Crippen LogP contribution >= 0.6 is 12.2 Å². The molecule has 1 heterocycles. The molecule has 2 aromatic rings. The highest BCUT2D eigenvalue weighted by Gasteiger charge is 2.15. The van der Waals surface area contributed by atoms with Crippen LogP contribution < -0.4 is 11.2 Å². The van der Waals surface area contributed by atoms with Gasteiger partial charge in [0.25, 0.3) is 5.91 Å². The number of pyridine rings is 1. The number of thiocarbonyl (C=S) groups is 1. The summed E-state index contributed by atoms with van der Waals surface area (Å²) in [6.45, 7) is 0.365. The van der Waals surface area contributed by atoms with Crippen LogP contribution in [0.15, 0.2) is 47.5 Å². The Kier molecular flexibility index (Phi) is 4.49. The third-order valence-corrected chi connectivity index (χ3v) is 3.27. The van der Waals surface area contributed by atoms with E-state index in [2.05, 4.69) is 4.98 Å². The van der Waals surface area contributed by atoms with Crippen LogP contribution in [0.25, 0.3) is 0 Å². The second kappa shape index (κ2) is 6.32. The highest BCUT2D eigenvalue weighted by atomic mass is 32.1. The third kappa shape index (κ3) is 3.55. The van der Waals surface area contributed by atoms with Gasteiger partial charge in [0.05, 0.1) is 0 Å². The first-order valence-electron chi connectivity index (χ1n) is 6.30. The summed E-state index contributed by atoms with van der Waals surface area (Å²) < 4.78 is 0. The van der Waals surface area contributed by atoms with E-state index in [4.69, 9.17) is 18.0 Å². The zero-order chi connectivity index (χ0) is 15.4. The minimum absolute atomic E-state index is 0.116. The molecule has 2 rings (SSSR count). The summed E-state index contributed by atoms with van der Waals surface area (Å²) >= 11 is 4.93. The van der Waals surface area contributed by atoms with Crippen molar-refractivity contribution in [2.75, 3.05) is 7.05 Å². The van der Waals surface area contributed by atoms with Gasteiger partial charge in [0.1, 0.15) is 10.6 Å². The molecular formula is C15H15N3O2S. The molecule has 3 N–H and O–H groups in total. The van der Waals surface area contributed by atoms with E-state index in [0.717, 1.165) is 11.1 Å². The van der Waals surface area contributed by atoms with E-state index in [1.807, 2.05) is 24.3 Å². The smallest absolute Gasteiger partial charge is 0.259 e. The maximum atomic E-state index is 12.2. The standard InChI is InChI=1S/C15H15N3O2S/c1-18(15(20)12-8-17-6-5-13(12)19)9-10-3-2-4-11(7-10)14(16)21/h2-8H,9H2,1H3,(H2,16,21)(H,17,19). The van der Waals surface area contributed by atoms with Crippen LogP contribution in [0.5, 0.6) is 0 Å². The Morgan fingerprint density at radius 1 is 1.38 bits per heavy atom. The van der Waals surface area contributed by atoms with Crippen molar-refractivity contribution in [2.24, 2.45) is 5.73 Å². The molecule has 0 aliphatic rings. The molecule has 0 bridgehead atoms. The average molecular weight is 301 g/mol. The molecule has 0 spiro atoms. The van der Waals surface area contributed by atoms with Crippen molar-refractivity contribution < 1.29 is 4.79 Å². The summed E-state index contributed by atoms with van der Waals surface area (Å²) in [7, 11) is 1.64. The molecule has 1 aromatic carbocycles. The normalized spacial score (nSPS) is 10.1. The molecule has 0 radical (unpaired) electrons. The molecule has 0 aliphatic heterocycles. The number of benzene rings is 1. The summed E-state index contributed by atoms with van der Waals surface area (Å²) in [4.78, 5) is 28.4. The molecule has 21 heavy (non-hydrogen) atoms. The quantitative estimate of drug-likeness (QED) is 0.834. The lowest BCUT2D eigenvalue weighted by molar-refractivity contribution is 0.0783. The van der Waals surface area contributed by atoms with Crippen LogP contribution in [0.1, 0.15) is 21.5 Å². The van der Waals surface area contributed by atoms with E-state index in [1.165, 1.54) is 23.4 Å². The Hall–Kier alpha value is -2.47. The molecule has 108 valence electrons. The molecule has 5 nitrogen and oxygen atoms in total. The average Bonchev–Trinajstić information content (AvgIpc) is 2.47. The molecule has 0 aliphatic carbocycles. The van der Waals surface area contributed by atoms with Crippen LogP contribution in [-0.4, -0.2) is 27.8 Å². The summed E-state index contributed by atoms with van der Waals surface area (Å²) in [6, 6.07) is 8.68. The van der Waals surface area contributed by atoms with Gasteiger partial charge in [0.2, 0.25) is 0 Å². The van der Waals surface area contributed by atoms with Crippen molar-refractivity contribution in [1.82, 2.24) is 9.88 Å². The van der Waals surface area contributed by atoms with Crippen LogP contribution in [0, 0.1) is 0 Å². The van der Waals surface area contributed by atoms with Crippen LogP contribution in [-0.2, 0) is 6.54 Å². The van der Waals surface area contributed by atoms with Crippen molar-refractivity contribution in [3.8, 4) is 0 Å². The van der Waals surface area contributed by atoms with Crippen molar-refractivity contribution in [3.05, 3.63) is 69.6 Å². The Balaban J connectivity index is 2.18. The molecule has 6 heteroatoms. The fourth-order valence-corrected chi connectivity index (χ4v) is 2.08. The van der Waals surface area contributed by atoms with E-state index in [0.29, 0.717) is 11.5 Å². The molecule has 1 aromatic heterocycles. The molecule has 0 saturated carbocycles. The molecule has 0 fully saturated rings. The van der Waals surface area contributed by atoms with Gasteiger partial charge in [-0.05, 0) is 11.6 Å². The number of nitrogens with two attached hydrogens (primary N) is 1. The van der Waals surface area contributed by atoms with Gasteiger partial charge in [-0.25, -0.2) is 0 Å². The fourth-order valence-electron chi connectivity index (χ4n) is 1.96. The zero-order valence-corrected chi connectivity index (χ0v) is 12.3. The number of carbonyl (C=O) groups excluding carboxylic acids is 1. The van der Waals surface area contributed by atoms with Gasteiger partial charge in [0.15, 0.2) is 5.43 Å². The van der Waals surface area contributed by atoms with Crippen molar-refractivity contribution in [3.63, 3.8) is 0 Å². The molecular weight excluding hydrogens is 286 g/mol. The van der Waals surface area contributed by atoms with E-state index < -0.39 is 0 Å². The Morgan fingerprint density at radius 3 is 2.81 bits per heavy atom. The van der Waals surface area contributed by atoms with Crippen molar-refractivity contribution in [2.45, 2.75) is 6.54 Å². The van der Waals surface area contributed by atoms with E-state index in [1.54, 1.807) is 7.05 Å². The highest BCUT2D eigenvalue weighted by molar-refractivity contribution is 7.80. The number of rotatable bonds is 4. The molecule has 1 amide bonds. The lowest BCUT2D eigenvalue weighted by Gasteiger charge is -2.17. The maximum Gasteiger partial charge on any atom is 0.259 e. The maximum absolute atomic E-state index is 12.2. The molecule has 0 unspecified atom stereocenters. The molecule has 0 saturated heterocycles. The number of aromatic amines is 1. The topological polar surface area (TPSA) is 79.2 Å². The van der Waals surface area contributed by atoms with E-state index in [-0.39, 0.29) is 16.9 Å². The lowest BCUT2D eigenvalue weighted by Crippen LogP contribution is -2.30. The zero-order valence-electron chi connectivity index (χ0n) is 11.5. The second-order valence-electron chi connectivity index (χ2n) is 4.65. The van der Waals surface area contributed by atoms with Gasteiger partial charge in [-0.1, -0.05) is 30.4 Å². The monoisotopic (exact) mass is 301 g/mol. The van der Waals surface area contributed by atoms with Gasteiger partial charge in [-0.2, -0.15) is 0 Å². The largest absolute Gasteiger partial charge is 0.389 e. The minimum atomic E-state index is -0.336. The van der Waals surface area contributed by atoms with E-state index in [9.17, 15) is 9.59 Å². The van der Waals surface area contributed by atoms with Gasteiger partial charge >= 0.3 is 0 Å². The summed E-state index contributed by atoms with van der Waals surface area (Å²) in [5.41, 5.74) is 7.05. The number of aromatic nitrogens is 1. The van der Waals surface area contributed by atoms with Gasteiger partial charge in [0, 0.05) is 37.6 Å². The number of nitrogens with one attached hydrogen (secondary N) is 1. The summed E-state index contributed by atoms with van der Waals surface area (Å²) in [5.74, 6) is -0.336. The lowest BCUT2D eigenvalue weighted by atomic mass is 10.1. The fraction of sp³-hybridized carbons (Fsp3) is 0.133. The summed E-state index contributed by atoms with van der Waals surface area (Å²) in [6.07, 6.45) is 2.90. The van der Waals surface area contributed by atoms with Crippen LogP contribution in [0.2, 0.25) is 0 Å². The highest BCUT2D eigenvalue weighted by Crippen LogP contribution is 2.09. The predicted molar refractivity (Wildman–Crippen MR) is 85.2 cm³/mol. The SMILES string of the molecule is CN(Cc1cccc(C(N)=S)c1)C(=O)c1c[nH]ccc1=O. The second-order valence-corrected chi connectivity index (χ2v) is 5.09. The van der Waals surface area contributed by atoms with E-state index >= 15 is 0 Å². The Bertz CT molecular complexity index is 739. The Morgan fingerprint density at radius 2 is 2.14 bits per heavy atom. The first-order valence-corrected chi connectivity index (χ1v) is 6.71. The van der Waals surface area contributed by atoms with Crippen LogP contribution in [0.3, 0.4) is 0 Å². The van der Waals surface area contributed by atoms with Crippen molar-refractivity contribution >= 4 is 23.1 Å². The van der Waals surface area contributed by atoms with Crippen LogP contribution in [0.4, 0.5) is 0 Å². The number of amides is 1. The Labute approximate surface area is 127 Å². The number of nitrogens with zero attached hydrogens (tertiary/aromatic N) is 1. The minimum Gasteiger partial charge on any atom is -0.389 e.